The lowest BCUT2D eigenvalue weighted by molar-refractivity contribution is -0.131. The molecule has 0 heterocycles. The first-order valence-electron chi connectivity index (χ1n) is 1.85. The lowest BCUT2D eigenvalue weighted by Crippen LogP contribution is -2.07. The Labute approximate surface area is 56.3 Å². The van der Waals surface area contributed by atoms with Crippen LogP contribution in [0.5, 0.6) is 0 Å². The zero-order valence-corrected chi connectivity index (χ0v) is 5.93. The van der Waals surface area contributed by atoms with E-state index in [9.17, 15) is 9.36 Å². The fraction of sp³-hybridized carbons (Fsp3) is 0.500. The quantitative estimate of drug-likeness (QED) is 0.447. The summed E-state index contributed by atoms with van der Waals surface area (Å²) in [6.07, 6.45) is 0. The smallest absolute Gasteiger partial charge is 0.379 e. The van der Waals surface area contributed by atoms with E-state index in [0.29, 0.717) is 0 Å². The van der Waals surface area contributed by atoms with Crippen LogP contribution in [-0.4, -0.2) is 16.7 Å². The van der Waals surface area contributed by atoms with E-state index in [-0.39, 0.29) is 0 Å². The Morgan fingerprint density at radius 1 is 1.89 bits per heavy atom. The average Bonchev–Trinajstić information content (AvgIpc) is 1.62. The maximum absolute atomic E-state index is 10.1. The van der Waals surface area contributed by atoms with Gasteiger partial charge in [-0.2, -0.15) is 0 Å². The van der Waals surface area contributed by atoms with E-state index in [1.54, 1.807) is 0 Å². The number of hydrogen-bond acceptors (Lipinski definition) is 3. The highest BCUT2D eigenvalue weighted by Crippen LogP contribution is 2.30. The number of carbonyl (C=O) groups excluding carboxylic acids is 1. The molecule has 0 rings (SSSR count). The number of halogens is 1. The van der Waals surface area contributed by atoms with Gasteiger partial charge >= 0.3 is 13.7 Å². The minimum Gasteiger partial charge on any atom is -0.379 e. The lowest BCUT2D eigenvalue weighted by atomic mass is 10.8. The van der Waals surface area contributed by atoms with E-state index in [1.807, 2.05) is 0 Å². The molecule has 0 fully saturated rings. The van der Waals surface area contributed by atoms with Crippen LogP contribution in [0.15, 0.2) is 0 Å². The number of rotatable bonds is 2. The second-order valence-electron chi connectivity index (χ2n) is 1.16. The molecule has 0 aliphatic heterocycles. The molecule has 5 nitrogen and oxygen atoms in total. The summed E-state index contributed by atoms with van der Waals surface area (Å²) in [6, 6.07) is 0. The van der Waals surface area contributed by atoms with Crippen molar-refractivity contribution in [3.63, 3.8) is 0 Å². The van der Waals surface area contributed by atoms with Crippen LogP contribution in [0.1, 0.15) is 0 Å². The molecule has 1 unspecified atom stereocenters. The van der Waals surface area contributed by atoms with E-state index >= 15 is 0 Å². The zero-order chi connectivity index (χ0) is 7.49. The molecule has 0 saturated carbocycles. The minimum absolute atomic E-state index is 0.484. The maximum Gasteiger partial charge on any atom is 0.455 e. The molecule has 0 radical (unpaired) electrons. The van der Waals surface area contributed by atoms with Crippen molar-refractivity contribution < 1.29 is 18.8 Å². The Morgan fingerprint density at radius 2 is 2.33 bits per heavy atom. The van der Waals surface area contributed by atoms with Gasteiger partial charge in [-0.1, -0.05) is 0 Å². The van der Waals surface area contributed by atoms with Crippen molar-refractivity contribution in [1.29, 1.82) is 0 Å². The van der Waals surface area contributed by atoms with Crippen molar-refractivity contribution in [3.8, 4) is 0 Å². The topological polar surface area (TPSA) is 89.6 Å². The first kappa shape index (κ1) is 8.91. The van der Waals surface area contributed by atoms with Gasteiger partial charge in [0.25, 0.3) is 0 Å². The summed E-state index contributed by atoms with van der Waals surface area (Å²) in [6.45, 7) is 0. The monoisotopic (exact) mass is 173 g/mol. The van der Waals surface area contributed by atoms with Gasteiger partial charge in [-0.3, -0.25) is 4.79 Å². The van der Waals surface area contributed by atoms with E-state index in [0.717, 1.165) is 0 Å². The van der Waals surface area contributed by atoms with E-state index in [1.165, 1.54) is 0 Å². The second kappa shape index (κ2) is 3.17. The summed E-state index contributed by atoms with van der Waals surface area (Å²) in [5.74, 6) is -1.49. The Morgan fingerprint density at radius 3 is 2.44 bits per heavy atom. The van der Waals surface area contributed by atoms with E-state index < -0.39 is 19.6 Å². The third-order valence-corrected chi connectivity index (χ3v) is 1.03. The van der Waals surface area contributed by atoms with E-state index in [2.05, 4.69) is 10.0 Å². The van der Waals surface area contributed by atoms with Crippen LogP contribution in [-0.2, 0) is 13.9 Å². The molecule has 0 bridgehead atoms. The molecule has 0 aromatic heterocycles. The number of carbonyl (C=O) groups is 1. The number of nitrogens with two attached hydrogens (primary N) is 1. The molecule has 0 saturated heterocycles. The Kier molecular flexibility index (Phi) is 3.14. The molecule has 54 valence electrons. The van der Waals surface area contributed by atoms with Crippen molar-refractivity contribution in [2.24, 2.45) is 5.50 Å². The number of hydrogen-bond donors (Lipinski definition) is 2. The predicted octanol–water partition coefficient (Wildman–Crippen LogP) is -0.172. The van der Waals surface area contributed by atoms with Crippen molar-refractivity contribution >= 4 is 25.3 Å². The summed E-state index contributed by atoms with van der Waals surface area (Å²) in [7, 11) is -4.17. The number of alkyl halides is 1. The molecule has 0 aromatic carbocycles. The minimum atomic E-state index is -4.17. The van der Waals surface area contributed by atoms with E-state index in [4.69, 9.17) is 16.5 Å². The van der Waals surface area contributed by atoms with Gasteiger partial charge in [0.15, 0.2) is 0 Å². The molecule has 0 spiro atoms. The largest absolute Gasteiger partial charge is 0.455 e. The first-order chi connectivity index (χ1) is 3.95. The summed E-state index contributed by atoms with van der Waals surface area (Å²) >= 11 is 4.90. The molecule has 9 heavy (non-hydrogen) atoms. The summed E-state index contributed by atoms with van der Waals surface area (Å²) < 4.78 is 13.7. The Bertz CT molecular complexity index is 153. The van der Waals surface area contributed by atoms with Crippen molar-refractivity contribution in [3.05, 3.63) is 0 Å². The van der Waals surface area contributed by atoms with Gasteiger partial charge in [0, 0.05) is 0 Å². The van der Waals surface area contributed by atoms with Crippen molar-refractivity contribution in [2.75, 3.05) is 5.88 Å². The third kappa shape index (κ3) is 5.79. The van der Waals surface area contributed by atoms with Crippen LogP contribution < -0.4 is 5.50 Å². The fourth-order valence-corrected chi connectivity index (χ4v) is 0.657. The molecule has 0 amide bonds. The standard InChI is InChI=1S/C2H5ClNO4P/c3-1-2(5)8-9(4,6)7/h1H2,(H3,4,6,7). The second-order valence-corrected chi connectivity index (χ2v) is 2.74. The highest BCUT2D eigenvalue weighted by atomic mass is 35.5. The van der Waals surface area contributed by atoms with Gasteiger partial charge in [0.2, 0.25) is 0 Å². The molecular weight excluding hydrogens is 168 g/mol. The Hall–Kier alpha value is -0.0900. The third-order valence-electron chi connectivity index (χ3n) is 0.342. The van der Waals surface area contributed by atoms with Crippen LogP contribution in [0.2, 0.25) is 0 Å². The SMILES string of the molecule is NP(=O)(O)OC(=O)CCl. The summed E-state index contributed by atoms with van der Waals surface area (Å²) in [5, 5.41) is 0. The van der Waals surface area contributed by atoms with Gasteiger partial charge in [0.1, 0.15) is 5.88 Å². The molecular formula is C2H5ClNO4P. The maximum atomic E-state index is 10.1. The molecule has 1 atom stereocenters. The van der Waals surface area contributed by atoms with Crippen molar-refractivity contribution in [1.82, 2.24) is 0 Å². The predicted molar refractivity (Wildman–Crippen MR) is 30.8 cm³/mol. The summed E-state index contributed by atoms with van der Waals surface area (Å²) in [4.78, 5) is 18.2. The molecule has 0 aromatic rings. The van der Waals surface area contributed by atoms with Crippen molar-refractivity contribution in [2.45, 2.75) is 0 Å². The van der Waals surface area contributed by atoms with Crippen LogP contribution in [0, 0.1) is 0 Å². The molecule has 0 aliphatic rings. The molecule has 3 N–H and O–H groups in total. The van der Waals surface area contributed by atoms with Crippen LogP contribution in [0.4, 0.5) is 0 Å². The van der Waals surface area contributed by atoms with Crippen LogP contribution in [0.25, 0.3) is 0 Å². The molecule has 0 aliphatic carbocycles. The normalized spacial score (nSPS) is 16.3. The van der Waals surface area contributed by atoms with Gasteiger partial charge in [0.05, 0.1) is 0 Å². The first-order valence-corrected chi connectivity index (χ1v) is 4.03. The van der Waals surface area contributed by atoms with Gasteiger partial charge in [-0.25, -0.2) is 10.1 Å². The van der Waals surface area contributed by atoms with Crippen LogP contribution >= 0.6 is 19.3 Å². The zero-order valence-electron chi connectivity index (χ0n) is 4.28. The van der Waals surface area contributed by atoms with Gasteiger partial charge in [-0.05, 0) is 0 Å². The molecule has 7 heteroatoms. The fourth-order valence-electron chi connectivity index (χ4n) is 0.170. The Balaban J connectivity index is 3.75. The van der Waals surface area contributed by atoms with Crippen LogP contribution in [0.3, 0.4) is 0 Å². The highest BCUT2D eigenvalue weighted by molar-refractivity contribution is 7.50. The van der Waals surface area contributed by atoms with Gasteiger partial charge < -0.3 is 9.42 Å². The van der Waals surface area contributed by atoms with Gasteiger partial charge in [-0.15, -0.1) is 11.6 Å². The highest BCUT2D eigenvalue weighted by Gasteiger charge is 2.16. The summed E-state index contributed by atoms with van der Waals surface area (Å²) in [5.41, 5.74) is 4.42. The average molecular weight is 173 g/mol. The lowest BCUT2D eigenvalue weighted by Gasteiger charge is -2.02.